The lowest BCUT2D eigenvalue weighted by Gasteiger charge is -2.32. The Morgan fingerprint density at radius 3 is 2.15 bits per heavy atom. The third-order valence-corrected chi connectivity index (χ3v) is 6.24. The van der Waals surface area contributed by atoms with E-state index in [4.69, 9.17) is 0 Å². The number of rotatable bonds is 5. The highest BCUT2D eigenvalue weighted by Gasteiger charge is 2.30. The molecule has 2 amide bonds. The Hall–Kier alpha value is -1.93. The SMILES string of the molecule is CC(=O)Nc1ccc(S(=O)(=O)N2CCC(NC(=O)CC(C)(C)C)CC2)cc1. The van der Waals surface area contributed by atoms with Gasteiger partial charge in [0.1, 0.15) is 0 Å². The second-order valence-electron chi connectivity index (χ2n) is 8.19. The van der Waals surface area contributed by atoms with Crippen molar-refractivity contribution in [1.82, 2.24) is 9.62 Å². The third-order valence-electron chi connectivity index (χ3n) is 4.32. The van der Waals surface area contributed by atoms with E-state index >= 15 is 0 Å². The highest BCUT2D eigenvalue weighted by atomic mass is 32.2. The molecule has 0 bridgehead atoms. The minimum Gasteiger partial charge on any atom is -0.353 e. The lowest BCUT2D eigenvalue weighted by atomic mass is 9.91. The average molecular weight is 396 g/mol. The molecule has 2 rings (SSSR count). The molecule has 1 saturated heterocycles. The standard InChI is InChI=1S/C19H29N3O4S/c1-14(23)20-15-5-7-17(8-6-15)27(25,26)22-11-9-16(10-12-22)21-18(24)13-19(2,3)4/h5-8,16H,9-13H2,1-4H3,(H,20,23)(H,21,24). The number of hydrogen-bond acceptors (Lipinski definition) is 4. The fourth-order valence-electron chi connectivity index (χ4n) is 3.06. The first-order valence-electron chi connectivity index (χ1n) is 9.14. The summed E-state index contributed by atoms with van der Waals surface area (Å²) in [6, 6.07) is 6.16. The smallest absolute Gasteiger partial charge is 0.243 e. The van der Waals surface area contributed by atoms with Crippen molar-refractivity contribution in [3.05, 3.63) is 24.3 Å². The summed E-state index contributed by atoms with van der Waals surface area (Å²) in [5.41, 5.74) is 0.485. The fourth-order valence-corrected chi connectivity index (χ4v) is 4.53. The first-order chi connectivity index (χ1) is 12.5. The molecule has 1 fully saturated rings. The molecule has 1 aromatic rings. The lowest BCUT2D eigenvalue weighted by molar-refractivity contribution is -0.123. The van der Waals surface area contributed by atoms with Crippen molar-refractivity contribution in [2.75, 3.05) is 18.4 Å². The molecule has 0 spiro atoms. The number of sulfonamides is 1. The number of benzene rings is 1. The van der Waals surface area contributed by atoms with Crippen LogP contribution in [0.25, 0.3) is 0 Å². The maximum Gasteiger partial charge on any atom is 0.243 e. The average Bonchev–Trinajstić information content (AvgIpc) is 2.53. The van der Waals surface area contributed by atoms with Crippen LogP contribution in [0.5, 0.6) is 0 Å². The second-order valence-corrected chi connectivity index (χ2v) is 10.1. The van der Waals surface area contributed by atoms with Crippen LogP contribution in [-0.2, 0) is 19.6 Å². The van der Waals surface area contributed by atoms with Gasteiger partial charge in [-0.1, -0.05) is 20.8 Å². The van der Waals surface area contributed by atoms with E-state index in [2.05, 4.69) is 10.6 Å². The summed E-state index contributed by atoms with van der Waals surface area (Å²) >= 11 is 0. The molecule has 150 valence electrons. The van der Waals surface area contributed by atoms with Gasteiger partial charge in [-0.05, 0) is 42.5 Å². The molecule has 0 aliphatic carbocycles. The Kier molecular flexibility index (Phi) is 6.64. The molecule has 0 radical (unpaired) electrons. The van der Waals surface area contributed by atoms with E-state index in [1.54, 1.807) is 12.1 Å². The maximum absolute atomic E-state index is 12.8. The van der Waals surface area contributed by atoms with Crippen molar-refractivity contribution in [1.29, 1.82) is 0 Å². The zero-order valence-corrected chi connectivity index (χ0v) is 17.2. The number of carbonyl (C=O) groups excluding carboxylic acids is 2. The Morgan fingerprint density at radius 2 is 1.67 bits per heavy atom. The summed E-state index contributed by atoms with van der Waals surface area (Å²) in [6.07, 6.45) is 1.64. The number of nitrogens with zero attached hydrogens (tertiary/aromatic N) is 1. The summed E-state index contributed by atoms with van der Waals surface area (Å²) in [6.45, 7) is 8.18. The second kappa shape index (κ2) is 8.39. The Balaban J connectivity index is 1.94. The number of carbonyl (C=O) groups is 2. The fraction of sp³-hybridized carbons (Fsp3) is 0.579. The zero-order chi connectivity index (χ0) is 20.2. The minimum atomic E-state index is -3.58. The summed E-state index contributed by atoms with van der Waals surface area (Å²) < 4.78 is 27.0. The molecule has 8 heteroatoms. The summed E-state index contributed by atoms with van der Waals surface area (Å²) in [5, 5.41) is 5.63. The van der Waals surface area contributed by atoms with Gasteiger partial charge in [0.2, 0.25) is 21.8 Å². The highest BCUT2D eigenvalue weighted by Crippen LogP contribution is 2.23. The van der Waals surface area contributed by atoms with Crippen LogP contribution in [0.3, 0.4) is 0 Å². The minimum absolute atomic E-state index is 0.00782. The van der Waals surface area contributed by atoms with Gasteiger partial charge in [-0.25, -0.2) is 8.42 Å². The van der Waals surface area contributed by atoms with Gasteiger partial charge in [0, 0.05) is 38.2 Å². The van der Waals surface area contributed by atoms with E-state index in [0.717, 1.165) is 0 Å². The van der Waals surface area contributed by atoms with E-state index in [-0.39, 0.29) is 28.2 Å². The highest BCUT2D eigenvalue weighted by molar-refractivity contribution is 7.89. The molecular weight excluding hydrogens is 366 g/mol. The van der Waals surface area contributed by atoms with Crippen LogP contribution < -0.4 is 10.6 Å². The molecule has 0 saturated carbocycles. The van der Waals surface area contributed by atoms with Gasteiger partial charge in [0.15, 0.2) is 0 Å². The van der Waals surface area contributed by atoms with Crippen LogP contribution in [0.15, 0.2) is 29.2 Å². The molecule has 27 heavy (non-hydrogen) atoms. The Bertz CT molecular complexity index is 774. The van der Waals surface area contributed by atoms with Crippen molar-refractivity contribution in [2.24, 2.45) is 5.41 Å². The van der Waals surface area contributed by atoms with E-state index in [0.29, 0.717) is 38.0 Å². The van der Waals surface area contributed by atoms with Crippen molar-refractivity contribution < 1.29 is 18.0 Å². The first-order valence-corrected chi connectivity index (χ1v) is 10.6. The predicted octanol–water partition coefficient (Wildman–Crippen LogP) is 2.35. The Labute approximate surface area is 161 Å². The van der Waals surface area contributed by atoms with Gasteiger partial charge in [-0.3, -0.25) is 9.59 Å². The molecule has 1 aromatic carbocycles. The van der Waals surface area contributed by atoms with Crippen LogP contribution >= 0.6 is 0 Å². The summed E-state index contributed by atoms with van der Waals surface area (Å²) in [7, 11) is -3.58. The monoisotopic (exact) mass is 395 g/mol. The molecule has 1 aliphatic rings. The van der Waals surface area contributed by atoms with Crippen LogP contribution in [0.4, 0.5) is 5.69 Å². The lowest BCUT2D eigenvalue weighted by Crippen LogP contribution is -2.46. The topological polar surface area (TPSA) is 95.6 Å². The van der Waals surface area contributed by atoms with Gasteiger partial charge in [-0.2, -0.15) is 4.31 Å². The van der Waals surface area contributed by atoms with Crippen LogP contribution in [0.1, 0.15) is 47.0 Å². The normalized spacial score (nSPS) is 16.7. The number of hydrogen-bond donors (Lipinski definition) is 2. The Morgan fingerprint density at radius 1 is 1.11 bits per heavy atom. The van der Waals surface area contributed by atoms with Crippen molar-refractivity contribution in [3.63, 3.8) is 0 Å². The zero-order valence-electron chi connectivity index (χ0n) is 16.4. The molecule has 0 unspecified atom stereocenters. The molecule has 2 N–H and O–H groups in total. The van der Waals surface area contributed by atoms with Gasteiger partial charge < -0.3 is 10.6 Å². The van der Waals surface area contributed by atoms with E-state index < -0.39 is 10.0 Å². The first kappa shape index (κ1) is 21.4. The summed E-state index contributed by atoms with van der Waals surface area (Å²) in [5.74, 6) is -0.196. The molecule has 1 heterocycles. The largest absolute Gasteiger partial charge is 0.353 e. The van der Waals surface area contributed by atoms with E-state index in [9.17, 15) is 18.0 Å². The predicted molar refractivity (Wildman–Crippen MR) is 105 cm³/mol. The third kappa shape index (κ3) is 6.32. The van der Waals surface area contributed by atoms with Crippen LogP contribution in [-0.4, -0.2) is 43.7 Å². The number of nitrogens with one attached hydrogen (secondary N) is 2. The molecule has 1 aliphatic heterocycles. The van der Waals surface area contributed by atoms with Crippen LogP contribution in [0, 0.1) is 5.41 Å². The molecular formula is C19H29N3O4S. The molecule has 7 nitrogen and oxygen atoms in total. The van der Waals surface area contributed by atoms with Crippen molar-refractivity contribution in [2.45, 2.75) is 57.9 Å². The van der Waals surface area contributed by atoms with Gasteiger partial charge in [0.05, 0.1) is 4.90 Å². The molecule has 0 aromatic heterocycles. The van der Waals surface area contributed by atoms with Gasteiger partial charge >= 0.3 is 0 Å². The number of piperidine rings is 1. The van der Waals surface area contributed by atoms with Crippen molar-refractivity contribution in [3.8, 4) is 0 Å². The van der Waals surface area contributed by atoms with Crippen LogP contribution in [0.2, 0.25) is 0 Å². The quantitative estimate of drug-likeness (QED) is 0.800. The number of anilines is 1. The van der Waals surface area contributed by atoms with Gasteiger partial charge in [-0.15, -0.1) is 0 Å². The van der Waals surface area contributed by atoms with Crippen molar-refractivity contribution >= 4 is 27.5 Å². The van der Waals surface area contributed by atoms with E-state index in [1.807, 2.05) is 20.8 Å². The van der Waals surface area contributed by atoms with Gasteiger partial charge in [0.25, 0.3) is 0 Å². The molecule has 0 atom stereocenters. The summed E-state index contributed by atoms with van der Waals surface area (Å²) in [4.78, 5) is 23.3. The van der Waals surface area contributed by atoms with E-state index in [1.165, 1.54) is 23.4 Å². The number of amides is 2. The maximum atomic E-state index is 12.8.